The summed E-state index contributed by atoms with van der Waals surface area (Å²) in [7, 11) is 0. The lowest BCUT2D eigenvalue weighted by Crippen LogP contribution is -2.54. The van der Waals surface area contributed by atoms with Crippen molar-refractivity contribution in [3.63, 3.8) is 0 Å². The van der Waals surface area contributed by atoms with Crippen molar-refractivity contribution in [2.24, 2.45) is 0 Å². The third-order valence-corrected chi connectivity index (χ3v) is 3.66. The zero-order chi connectivity index (χ0) is 13.7. The number of likely N-dealkylation sites (tertiary alicyclic amines) is 1. The number of hydrogen-bond donors (Lipinski definition) is 1. The van der Waals surface area contributed by atoms with Crippen LogP contribution in [-0.2, 0) is 11.3 Å². The van der Waals surface area contributed by atoms with Gasteiger partial charge in [-0.15, -0.1) is 0 Å². The lowest BCUT2D eigenvalue weighted by Gasteiger charge is -2.36. The number of hydrogen-bond acceptors (Lipinski definition) is 3. The van der Waals surface area contributed by atoms with E-state index in [0.717, 1.165) is 38.9 Å². The zero-order valence-corrected chi connectivity index (χ0v) is 11.9. The van der Waals surface area contributed by atoms with E-state index in [1.807, 2.05) is 21.8 Å². The Bertz CT molecular complexity index is 390. The molecule has 1 fully saturated rings. The van der Waals surface area contributed by atoms with Gasteiger partial charge < -0.3 is 10.2 Å². The highest BCUT2D eigenvalue weighted by atomic mass is 16.2. The van der Waals surface area contributed by atoms with E-state index in [4.69, 9.17) is 0 Å². The van der Waals surface area contributed by atoms with Gasteiger partial charge in [0.25, 0.3) is 0 Å². The van der Waals surface area contributed by atoms with Gasteiger partial charge in [-0.25, -0.2) is 0 Å². The number of nitrogens with zero attached hydrogens (tertiary/aromatic N) is 3. The molecule has 0 saturated carbocycles. The van der Waals surface area contributed by atoms with Crippen LogP contribution in [0.5, 0.6) is 0 Å². The van der Waals surface area contributed by atoms with Crippen molar-refractivity contribution in [1.82, 2.24) is 20.0 Å². The van der Waals surface area contributed by atoms with Crippen LogP contribution in [0.15, 0.2) is 18.5 Å². The molecule has 0 aliphatic carbocycles. The van der Waals surface area contributed by atoms with Crippen LogP contribution < -0.4 is 5.32 Å². The second-order valence-electron chi connectivity index (χ2n) is 5.26. The Labute approximate surface area is 115 Å². The van der Waals surface area contributed by atoms with E-state index >= 15 is 0 Å². The van der Waals surface area contributed by atoms with Crippen LogP contribution in [0.4, 0.5) is 0 Å². The second kappa shape index (κ2) is 6.70. The van der Waals surface area contributed by atoms with Crippen molar-refractivity contribution in [3.8, 4) is 0 Å². The van der Waals surface area contributed by atoms with E-state index in [1.165, 1.54) is 0 Å². The van der Waals surface area contributed by atoms with Crippen LogP contribution in [0.25, 0.3) is 0 Å². The Morgan fingerprint density at radius 1 is 1.58 bits per heavy atom. The van der Waals surface area contributed by atoms with Crippen LogP contribution >= 0.6 is 0 Å². The Kier molecular flexibility index (Phi) is 4.96. The highest BCUT2D eigenvalue weighted by Gasteiger charge is 2.30. The van der Waals surface area contributed by atoms with E-state index in [0.29, 0.717) is 0 Å². The smallest absolute Gasteiger partial charge is 0.240 e. The number of carbonyl (C=O) groups is 1. The van der Waals surface area contributed by atoms with E-state index in [1.54, 1.807) is 6.20 Å². The largest absolute Gasteiger partial charge is 0.337 e. The van der Waals surface area contributed by atoms with Gasteiger partial charge in [0.2, 0.25) is 5.91 Å². The minimum absolute atomic E-state index is 0.00812. The molecule has 1 aromatic heterocycles. The summed E-state index contributed by atoms with van der Waals surface area (Å²) in [5.41, 5.74) is 0. The molecule has 2 heterocycles. The molecule has 0 bridgehead atoms. The Balaban J connectivity index is 1.92. The first-order valence-corrected chi connectivity index (χ1v) is 7.23. The molecule has 1 aromatic rings. The predicted octanol–water partition coefficient (Wildman–Crippen LogP) is 1.26. The first kappa shape index (κ1) is 14.1. The van der Waals surface area contributed by atoms with Gasteiger partial charge in [-0.2, -0.15) is 5.10 Å². The molecule has 2 atom stereocenters. The predicted molar refractivity (Wildman–Crippen MR) is 74.7 cm³/mol. The topological polar surface area (TPSA) is 50.2 Å². The molecule has 2 rings (SSSR count). The minimum atomic E-state index is 0.00812. The molecule has 2 unspecified atom stereocenters. The Morgan fingerprint density at radius 3 is 3.11 bits per heavy atom. The number of rotatable bonds is 6. The number of nitrogens with one attached hydrogen (secondary N) is 1. The quantitative estimate of drug-likeness (QED) is 0.841. The summed E-state index contributed by atoms with van der Waals surface area (Å²) in [4.78, 5) is 14.4. The van der Waals surface area contributed by atoms with Gasteiger partial charge in [-0.05, 0) is 38.8 Å². The molecule has 1 N–H and O–H groups in total. The maximum Gasteiger partial charge on any atom is 0.240 e. The fourth-order valence-corrected chi connectivity index (χ4v) is 2.62. The lowest BCUT2D eigenvalue weighted by molar-refractivity contribution is -0.138. The third kappa shape index (κ3) is 3.56. The molecule has 5 nitrogen and oxygen atoms in total. The molecule has 5 heteroatoms. The average Bonchev–Trinajstić information content (AvgIpc) is 2.90. The summed E-state index contributed by atoms with van der Waals surface area (Å²) in [6.07, 6.45) is 6.82. The third-order valence-electron chi connectivity index (χ3n) is 3.66. The van der Waals surface area contributed by atoms with E-state index in [9.17, 15) is 4.79 Å². The summed E-state index contributed by atoms with van der Waals surface area (Å²) in [6.45, 7) is 6.77. The molecule has 0 spiro atoms. The Hall–Kier alpha value is -1.36. The van der Waals surface area contributed by atoms with Gasteiger partial charge in [0.1, 0.15) is 0 Å². The molecule has 0 radical (unpaired) electrons. The molecule has 1 amide bonds. The fourth-order valence-electron chi connectivity index (χ4n) is 2.62. The maximum atomic E-state index is 12.4. The highest BCUT2D eigenvalue weighted by molar-refractivity contribution is 5.82. The van der Waals surface area contributed by atoms with Gasteiger partial charge in [0.15, 0.2) is 0 Å². The molecular formula is C14H24N4O. The van der Waals surface area contributed by atoms with E-state index < -0.39 is 0 Å². The molecule has 0 aromatic carbocycles. The molecular weight excluding hydrogens is 240 g/mol. The molecule has 106 valence electrons. The first-order valence-electron chi connectivity index (χ1n) is 7.23. The van der Waals surface area contributed by atoms with Gasteiger partial charge in [0.05, 0.1) is 12.6 Å². The maximum absolute atomic E-state index is 12.4. The molecule has 1 aliphatic rings. The normalized spacial score (nSPS) is 21.7. The van der Waals surface area contributed by atoms with Crippen LogP contribution in [-0.4, -0.2) is 45.8 Å². The van der Waals surface area contributed by atoms with Crippen LogP contribution in [0.1, 0.15) is 33.1 Å². The second-order valence-corrected chi connectivity index (χ2v) is 5.26. The standard InChI is InChI=1S/C14H24N4O/c1-3-7-15-13-6-4-10-18(14(13)19)12(2)11-17-9-5-8-16-17/h5,8-9,12-13,15H,3-4,6-7,10-11H2,1-2H3. The first-order chi connectivity index (χ1) is 9.22. The van der Waals surface area contributed by atoms with Gasteiger partial charge in [-0.3, -0.25) is 9.48 Å². The summed E-state index contributed by atoms with van der Waals surface area (Å²) < 4.78 is 1.89. The van der Waals surface area contributed by atoms with Gasteiger partial charge in [-0.1, -0.05) is 6.92 Å². The van der Waals surface area contributed by atoms with Crippen molar-refractivity contribution in [2.45, 2.75) is 51.7 Å². The lowest BCUT2D eigenvalue weighted by atomic mass is 10.0. The average molecular weight is 264 g/mol. The molecule has 1 saturated heterocycles. The molecule has 1 aliphatic heterocycles. The Morgan fingerprint density at radius 2 is 2.42 bits per heavy atom. The number of piperidine rings is 1. The van der Waals surface area contributed by atoms with Gasteiger partial charge >= 0.3 is 0 Å². The van der Waals surface area contributed by atoms with Crippen molar-refractivity contribution in [1.29, 1.82) is 0 Å². The van der Waals surface area contributed by atoms with Gasteiger partial charge in [0, 0.05) is 25.0 Å². The highest BCUT2D eigenvalue weighted by Crippen LogP contribution is 2.15. The molecule has 19 heavy (non-hydrogen) atoms. The SMILES string of the molecule is CCCNC1CCCN(C(C)Cn2cccn2)C1=O. The number of aromatic nitrogens is 2. The summed E-state index contributed by atoms with van der Waals surface area (Å²) in [5.74, 6) is 0.249. The van der Waals surface area contributed by atoms with Crippen molar-refractivity contribution >= 4 is 5.91 Å². The van der Waals surface area contributed by atoms with Crippen molar-refractivity contribution in [2.75, 3.05) is 13.1 Å². The van der Waals surface area contributed by atoms with Crippen LogP contribution in [0.3, 0.4) is 0 Å². The van der Waals surface area contributed by atoms with Crippen molar-refractivity contribution in [3.05, 3.63) is 18.5 Å². The summed E-state index contributed by atoms with van der Waals surface area (Å²) in [5, 5.41) is 7.56. The van der Waals surface area contributed by atoms with Crippen LogP contribution in [0, 0.1) is 0 Å². The van der Waals surface area contributed by atoms with Crippen LogP contribution in [0.2, 0.25) is 0 Å². The number of amides is 1. The minimum Gasteiger partial charge on any atom is -0.337 e. The number of carbonyl (C=O) groups excluding carboxylic acids is 1. The monoisotopic (exact) mass is 264 g/mol. The van der Waals surface area contributed by atoms with Crippen molar-refractivity contribution < 1.29 is 4.79 Å². The fraction of sp³-hybridized carbons (Fsp3) is 0.714. The summed E-state index contributed by atoms with van der Waals surface area (Å²) >= 11 is 0. The van der Waals surface area contributed by atoms with E-state index in [2.05, 4.69) is 24.3 Å². The summed E-state index contributed by atoms with van der Waals surface area (Å²) in [6, 6.07) is 2.11. The zero-order valence-electron chi connectivity index (χ0n) is 11.9. The van der Waals surface area contributed by atoms with E-state index in [-0.39, 0.29) is 18.0 Å².